The summed E-state index contributed by atoms with van der Waals surface area (Å²) in [6, 6.07) is 9.24. The molecule has 2 atom stereocenters. The molecule has 17 heavy (non-hydrogen) atoms. The van der Waals surface area contributed by atoms with Crippen LogP contribution in [0.4, 0.5) is 0 Å². The fraction of sp³-hybridized carbons (Fsp3) is 0.357. The molecule has 0 aliphatic rings. The fourth-order valence-electron chi connectivity index (χ4n) is 1.94. The molecule has 1 N–H and O–H groups in total. The molecule has 2 aromatic rings. The number of hydrogen-bond donors (Lipinski definition) is 1. The number of hydrogen-bond acceptors (Lipinski definition) is 3. The Hall–Kier alpha value is -1.19. The van der Waals surface area contributed by atoms with Gasteiger partial charge in [-0.15, -0.1) is 11.3 Å². The van der Waals surface area contributed by atoms with E-state index in [2.05, 4.69) is 53.8 Å². The molecule has 0 aromatic carbocycles. The van der Waals surface area contributed by atoms with E-state index in [4.69, 9.17) is 0 Å². The second kappa shape index (κ2) is 5.94. The van der Waals surface area contributed by atoms with Gasteiger partial charge in [-0.05, 0) is 42.5 Å². The van der Waals surface area contributed by atoms with E-state index in [1.165, 1.54) is 10.4 Å². The van der Waals surface area contributed by atoms with Crippen LogP contribution in [0.15, 0.2) is 42.0 Å². The third-order valence-corrected chi connectivity index (χ3v) is 3.94. The molecule has 2 nitrogen and oxygen atoms in total. The van der Waals surface area contributed by atoms with Crippen LogP contribution in [0.3, 0.4) is 0 Å². The van der Waals surface area contributed by atoms with Gasteiger partial charge >= 0.3 is 0 Å². The zero-order valence-electron chi connectivity index (χ0n) is 10.3. The number of pyridine rings is 1. The predicted octanol–water partition coefficient (Wildman–Crippen LogP) is 3.95. The Morgan fingerprint density at radius 1 is 1.29 bits per heavy atom. The first-order chi connectivity index (χ1) is 8.31. The van der Waals surface area contributed by atoms with Crippen LogP contribution in [0, 0.1) is 0 Å². The first-order valence-corrected chi connectivity index (χ1v) is 6.88. The minimum absolute atomic E-state index is 0.352. The largest absolute Gasteiger partial charge is 0.303 e. The van der Waals surface area contributed by atoms with Crippen molar-refractivity contribution in [1.29, 1.82) is 0 Å². The topological polar surface area (TPSA) is 24.9 Å². The van der Waals surface area contributed by atoms with Crippen molar-refractivity contribution in [3.63, 3.8) is 0 Å². The smallest absolute Gasteiger partial charge is 0.0416 e. The molecule has 2 unspecified atom stereocenters. The second-order valence-corrected chi connectivity index (χ2v) is 5.12. The first kappa shape index (κ1) is 12.3. The summed E-state index contributed by atoms with van der Waals surface area (Å²) in [4.78, 5) is 5.46. The van der Waals surface area contributed by atoms with Crippen LogP contribution in [0.1, 0.15) is 42.8 Å². The number of rotatable bonds is 5. The molecule has 0 amide bonds. The van der Waals surface area contributed by atoms with Gasteiger partial charge < -0.3 is 5.32 Å². The van der Waals surface area contributed by atoms with Crippen LogP contribution in [-0.4, -0.2) is 4.98 Å². The van der Waals surface area contributed by atoms with Gasteiger partial charge in [-0.1, -0.05) is 13.0 Å². The Kier molecular flexibility index (Phi) is 4.29. The average Bonchev–Trinajstić information content (AvgIpc) is 2.90. The quantitative estimate of drug-likeness (QED) is 0.864. The van der Waals surface area contributed by atoms with Gasteiger partial charge in [0.25, 0.3) is 0 Å². The van der Waals surface area contributed by atoms with Crippen molar-refractivity contribution in [1.82, 2.24) is 10.3 Å². The highest BCUT2D eigenvalue weighted by Crippen LogP contribution is 2.25. The molecule has 0 bridgehead atoms. The highest BCUT2D eigenvalue weighted by atomic mass is 32.1. The third-order valence-electron chi connectivity index (χ3n) is 2.95. The van der Waals surface area contributed by atoms with Crippen LogP contribution in [0.5, 0.6) is 0 Å². The van der Waals surface area contributed by atoms with Gasteiger partial charge in [0, 0.05) is 29.4 Å². The lowest BCUT2D eigenvalue weighted by Gasteiger charge is -2.21. The van der Waals surface area contributed by atoms with Crippen molar-refractivity contribution < 1.29 is 0 Å². The van der Waals surface area contributed by atoms with E-state index < -0.39 is 0 Å². The zero-order valence-corrected chi connectivity index (χ0v) is 11.1. The van der Waals surface area contributed by atoms with E-state index in [-0.39, 0.29) is 0 Å². The lowest BCUT2D eigenvalue weighted by atomic mass is 10.1. The van der Waals surface area contributed by atoms with Crippen molar-refractivity contribution in [2.45, 2.75) is 32.4 Å². The molecular weight excluding hydrogens is 228 g/mol. The van der Waals surface area contributed by atoms with E-state index in [1.807, 2.05) is 23.7 Å². The maximum absolute atomic E-state index is 4.05. The molecule has 2 rings (SSSR count). The number of aromatic nitrogens is 1. The summed E-state index contributed by atoms with van der Waals surface area (Å²) < 4.78 is 0. The summed E-state index contributed by atoms with van der Waals surface area (Å²) >= 11 is 1.82. The molecule has 0 saturated heterocycles. The van der Waals surface area contributed by atoms with Crippen molar-refractivity contribution in [2.24, 2.45) is 0 Å². The van der Waals surface area contributed by atoms with E-state index in [1.54, 1.807) is 0 Å². The molecule has 0 saturated carbocycles. The Bertz CT molecular complexity index is 425. The summed E-state index contributed by atoms with van der Waals surface area (Å²) in [5.74, 6) is 0. The van der Waals surface area contributed by atoms with Crippen LogP contribution in [-0.2, 0) is 0 Å². The Morgan fingerprint density at radius 2 is 2.06 bits per heavy atom. The average molecular weight is 246 g/mol. The maximum atomic E-state index is 4.05. The normalized spacial score (nSPS) is 14.5. The van der Waals surface area contributed by atoms with Crippen LogP contribution < -0.4 is 5.32 Å². The summed E-state index contributed by atoms with van der Waals surface area (Å²) in [5.41, 5.74) is 1.29. The summed E-state index contributed by atoms with van der Waals surface area (Å²) in [6.07, 6.45) is 4.80. The van der Waals surface area contributed by atoms with Crippen molar-refractivity contribution in [2.75, 3.05) is 0 Å². The Morgan fingerprint density at radius 3 is 2.65 bits per heavy atom. The molecule has 2 aromatic heterocycles. The van der Waals surface area contributed by atoms with Crippen LogP contribution in [0.25, 0.3) is 0 Å². The number of thiophene rings is 1. The van der Waals surface area contributed by atoms with E-state index in [9.17, 15) is 0 Å². The summed E-state index contributed by atoms with van der Waals surface area (Å²) in [5, 5.41) is 5.80. The summed E-state index contributed by atoms with van der Waals surface area (Å²) in [6.45, 7) is 4.42. The van der Waals surface area contributed by atoms with Crippen molar-refractivity contribution >= 4 is 11.3 Å². The van der Waals surface area contributed by atoms with Crippen molar-refractivity contribution in [3.05, 3.63) is 52.5 Å². The molecule has 90 valence electrons. The lowest BCUT2D eigenvalue weighted by molar-refractivity contribution is 0.462. The molecular formula is C14H18N2S. The molecule has 2 heterocycles. The SMILES string of the molecule is CCC(NC(C)c1ccncc1)c1cccs1. The van der Waals surface area contributed by atoms with Gasteiger partial charge in [0.05, 0.1) is 0 Å². The lowest BCUT2D eigenvalue weighted by Crippen LogP contribution is -2.23. The number of nitrogens with zero attached hydrogens (tertiary/aromatic N) is 1. The minimum atomic E-state index is 0.352. The van der Waals surface area contributed by atoms with Gasteiger partial charge in [-0.3, -0.25) is 4.98 Å². The summed E-state index contributed by atoms with van der Waals surface area (Å²) in [7, 11) is 0. The molecule has 3 heteroatoms. The van der Waals surface area contributed by atoms with E-state index in [0.29, 0.717) is 12.1 Å². The van der Waals surface area contributed by atoms with E-state index >= 15 is 0 Å². The Labute approximate surface area is 107 Å². The highest BCUT2D eigenvalue weighted by Gasteiger charge is 2.14. The van der Waals surface area contributed by atoms with Crippen LogP contribution in [0.2, 0.25) is 0 Å². The molecule has 0 aliphatic carbocycles. The number of nitrogens with one attached hydrogen (secondary N) is 1. The monoisotopic (exact) mass is 246 g/mol. The first-order valence-electron chi connectivity index (χ1n) is 6.00. The Balaban J connectivity index is 2.05. The molecule has 0 fully saturated rings. The van der Waals surface area contributed by atoms with Gasteiger partial charge in [0.1, 0.15) is 0 Å². The molecule has 0 spiro atoms. The van der Waals surface area contributed by atoms with Crippen molar-refractivity contribution in [3.8, 4) is 0 Å². The molecule has 0 radical (unpaired) electrons. The van der Waals surface area contributed by atoms with Gasteiger partial charge in [0.15, 0.2) is 0 Å². The minimum Gasteiger partial charge on any atom is -0.303 e. The predicted molar refractivity (Wildman–Crippen MR) is 73.1 cm³/mol. The van der Waals surface area contributed by atoms with E-state index in [0.717, 1.165) is 6.42 Å². The molecule has 0 aliphatic heterocycles. The third kappa shape index (κ3) is 3.14. The fourth-order valence-corrected chi connectivity index (χ4v) is 2.81. The zero-order chi connectivity index (χ0) is 12.1. The van der Waals surface area contributed by atoms with Gasteiger partial charge in [0.2, 0.25) is 0 Å². The maximum Gasteiger partial charge on any atom is 0.0416 e. The van der Waals surface area contributed by atoms with Crippen LogP contribution >= 0.6 is 11.3 Å². The standard InChI is InChI=1S/C14H18N2S/c1-3-13(14-5-4-10-17-14)16-11(2)12-6-8-15-9-7-12/h4-11,13,16H,3H2,1-2H3. The van der Waals surface area contributed by atoms with Gasteiger partial charge in [-0.2, -0.15) is 0 Å². The highest BCUT2D eigenvalue weighted by molar-refractivity contribution is 7.10. The van der Waals surface area contributed by atoms with Gasteiger partial charge in [-0.25, -0.2) is 0 Å². The second-order valence-electron chi connectivity index (χ2n) is 4.15.